The molecule has 6 nitrogen and oxygen atoms in total. The molecule has 3 rings (SSSR count). The molecule has 0 unspecified atom stereocenters. The first kappa shape index (κ1) is 21.4. The fourth-order valence-corrected chi connectivity index (χ4v) is 3.29. The summed E-state index contributed by atoms with van der Waals surface area (Å²) in [5.41, 5.74) is -0.323. The van der Waals surface area contributed by atoms with Crippen molar-refractivity contribution in [1.82, 2.24) is 4.57 Å². The van der Waals surface area contributed by atoms with Gasteiger partial charge in [-0.2, -0.15) is 0 Å². The van der Waals surface area contributed by atoms with Crippen molar-refractivity contribution in [2.45, 2.75) is 6.92 Å². The average Bonchev–Trinajstić information content (AvgIpc) is 2.68. The summed E-state index contributed by atoms with van der Waals surface area (Å²) in [5, 5.41) is 0. The quantitative estimate of drug-likeness (QED) is 0.631. The lowest BCUT2D eigenvalue weighted by atomic mass is 10.1. The highest BCUT2D eigenvalue weighted by Gasteiger charge is 2.16. The molecule has 3 aromatic rings. The zero-order chi connectivity index (χ0) is 22.1. The highest BCUT2D eigenvalue weighted by molar-refractivity contribution is 7.92. The van der Waals surface area contributed by atoms with Crippen LogP contribution in [-0.4, -0.2) is 18.7 Å². The van der Waals surface area contributed by atoms with Crippen LogP contribution in [0.15, 0.2) is 53.5 Å². The second kappa shape index (κ2) is 8.23. The zero-order valence-electron chi connectivity index (χ0n) is 15.9. The van der Waals surface area contributed by atoms with Gasteiger partial charge in [-0.25, -0.2) is 21.6 Å². The van der Waals surface area contributed by atoms with Crippen molar-refractivity contribution in [1.29, 1.82) is 0 Å². The molecule has 0 aliphatic rings. The summed E-state index contributed by atoms with van der Waals surface area (Å²) in [6.45, 7) is 1.46. The van der Waals surface area contributed by atoms with Gasteiger partial charge in [0.05, 0.1) is 5.75 Å². The third-order valence-electron chi connectivity index (χ3n) is 4.20. The summed E-state index contributed by atoms with van der Waals surface area (Å²) >= 11 is 0. The lowest BCUT2D eigenvalue weighted by Gasteiger charge is -2.15. The van der Waals surface area contributed by atoms with E-state index in [-0.39, 0.29) is 34.1 Å². The number of sulfonamides is 1. The van der Waals surface area contributed by atoms with Crippen LogP contribution in [0.5, 0.6) is 11.5 Å². The predicted molar refractivity (Wildman–Crippen MR) is 107 cm³/mol. The van der Waals surface area contributed by atoms with Gasteiger partial charge in [0.15, 0.2) is 17.4 Å². The molecule has 30 heavy (non-hydrogen) atoms. The molecular weight excluding hydrogens is 421 g/mol. The Kier molecular flexibility index (Phi) is 5.88. The van der Waals surface area contributed by atoms with E-state index >= 15 is 0 Å². The van der Waals surface area contributed by atoms with Crippen LogP contribution >= 0.6 is 0 Å². The van der Waals surface area contributed by atoms with Gasteiger partial charge < -0.3 is 9.30 Å². The second-order valence-electron chi connectivity index (χ2n) is 6.39. The van der Waals surface area contributed by atoms with Crippen LogP contribution in [0.1, 0.15) is 6.92 Å². The molecule has 0 bridgehead atoms. The maximum atomic E-state index is 14.0. The van der Waals surface area contributed by atoms with Gasteiger partial charge in [0.1, 0.15) is 11.6 Å². The Hall–Kier alpha value is -3.27. The third kappa shape index (κ3) is 4.65. The Morgan fingerprint density at radius 2 is 1.70 bits per heavy atom. The number of halogens is 3. The molecule has 0 saturated carbocycles. The van der Waals surface area contributed by atoms with Gasteiger partial charge in [-0.3, -0.25) is 9.52 Å². The summed E-state index contributed by atoms with van der Waals surface area (Å²) in [7, 11) is -2.25. The van der Waals surface area contributed by atoms with Crippen LogP contribution < -0.4 is 15.0 Å². The topological polar surface area (TPSA) is 77.4 Å². The molecule has 0 saturated heterocycles. The highest BCUT2D eigenvalue weighted by atomic mass is 32.2. The number of rotatable bonds is 6. The Bertz CT molecular complexity index is 1250. The minimum absolute atomic E-state index is 0.0398. The van der Waals surface area contributed by atoms with Gasteiger partial charge in [-0.1, -0.05) is 0 Å². The summed E-state index contributed by atoms with van der Waals surface area (Å²) in [5.74, 6) is -3.19. The molecule has 0 aliphatic heterocycles. The van der Waals surface area contributed by atoms with E-state index in [0.29, 0.717) is 6.07 Å². The number of aromatic nitrogens is 1. The monoisotopic (exact) mass is 438 g/mol. The highest BCUT2D eigenvalue weighted by Crippen LogP contribution is 2.36. The van der Waals surface area contributed by atoms with E-state index in [1.54, 1.807) is 0 Å². The molecule has 0 aliphatic carbocycles. The molecule has 0 radical (unpaired) electrons. The Morgan fingerprint density at radius 1 is 1.00 bits per heavy atom. The van der Waals surface area contributed by atoms with Crippen molar-refractivity contribution in [3.8, 4) is 22.6 Å². The summed E-state index contributed by atoms with van der Waals surface area (Å²) in [6, 6.07) is 7.80. The molecule has 0 amide bonds. The molecule has 0 atom stereocenters. The maximum Gasteiger partial charge on any atom is 0.286 e. The normalized spacial score (nSPS) is 11.4. The molecule has 0 spiro atoms. The molecule has 1 heterocycles. The van der Waals surface area contributed by atoms with E-state index in [1.807, 2.05) is 0 Å². The first-order valence-electron chi connectivity index (χ1n) is 8.73. The molecule has 158 valence electrons. The first-order valence-corrected chi connectivity index (χ1v) is 10.4. The van der Waals surface area contributed by atoms with Crippen LogP contribution in [0.25, 0.3) is 11.1 Å². The number of anilines is 1. The number of aryl methyl sites for hydroxylation is 1. The van der Waals surface area contributed by atoms with E-state index in [0.717, 1.165) is 22.8 Å². The largest absolute Gasteiger partial charge is 0.454 e. The number of pyridine rings is 1. The van der Waals surface area contributed by atoms with Gasteiger partial charge in [-0.05, 0) is 43.3 Å². The second-order valence-corrected chi connectivity index (χ2v) is 8.40. The van der Waals surface area contributed by atoms with E-state index in [4.69, 9.17) is 4.74 Å². The van der Waals surface area contributed by atoms with Crippen LogP contribution in [0.4, 0.5) is 18.9 Å². The van der Waals surface area contributed by atoms with Crippen molar-refractivity contribution < 1.29 is 26.3 Å². The van der Waals surface area contributed by atoms with Gasteiger partial charge in [-0.15, -0.1) is 0 Å². The Labute approximate surface area is 170 Å². The lowest BCUT2D eigenvalue weighted by molar-refractivity contribution is 0.439. The molecule has 2 aromatic carbocycles. The average molecular weight is 438 g/mol. The van der Waals surface area contributed by atoms with Gasteiger partial charge in [0.2, 0.25) is 10.0 Å². The predicted octanol–water partition coefficient (Wildman–Crippen LogP) is 4.02. The van der Waals surface area contributed by atoms with Crippen LogP contribution in [0.3, 0.4) is 0 Å². The van der Waals surface area contributed by atoms with Crippen molar-refractivity contribution in [3.63, 3.8) is 0 Å². The number of nitrogens with one attached hydrogen (secondary N) is 1. The fourth-order valence-electron chi connectivity index (χ4n) is 2.65. The summed E-state index contributed by atoms with van der Waals surface area (Å²) in [6.07, 6.45) is 1.33. The minimum atomic E-state index is -3.60. The van der Waals surface area contributed by atoms with Crippen LogP contribution in [-0.2, 0) is 17.1 Å². The summed E-state index contributed by atoms with van der Waals surface area (Å²) < 4.78 is 73.9. The standard InChI is InChI=1S/C20H17F3N2O4S/c1-3-30(27,28)24-14-5-7-18(29-19-6-4-13(21)9-16(19)22)15(10-14)12-8-17(23)20(26)25(2)11-12/h4-11,24H,3H2,1-2H3. The number of ether oxygens (including phenoxy) is 1. The molecule has 10 heteroatoms. The number of hydrogen-bond acceptors (Lipinski definition) is 4. The Balaban J connectivity index is 2.15. The van der Waals surface area contributed by atoms with Gasteiger partial charge in [0.25, 0.3) is 5.56 Å². The third-order valence-corrected chi connectivity index (χ3v) is 5.50. The van der Waals surface area contributed by atoms with Crippen molar-refractivity contribution in [3.05, 3.63) is 76.5 Å². The van der Waals surface area contributed by atoms with Crippen molar-refractivity contribution in [2.24, 2.45) is 7.05 Å². The molecule has 0 fully saturated rings. The maximum absolute atomic E-state index is 14.0. The smallest absolute Gasteiger partial charge is 0.286 e. The zero-order valence-corrected chi connectivity index (χ0v) is 16.8. The lowest BCUT2D eigenvalue weighted by Crippen LogP contribution is -2.19. The number of hydrogen-bond donors (Lipinski definition) is 1. The SMILES string of the molecule is CCS(=O)(=O)Nc1ccc(Oc2ccc(F)cc2F)c(-c2cc(F)c(=O)n(C)c2)c1. The number of nitrogens with zero attached hydrogens (tertiary/aromatic N) is 1. The molecule has 1 N–H and O–H groups in total. The van der Waals surface area contributed by atoms with Gasteiger partial charge >= 0.3 is 0 Å². The van der Waals surface area contributed by atoms with E-state index in [9.17, 15) is 26.4 Å². The van der Waals surface area contributed by atoms with Gasteiger partial charge in [0, 0.05) is 36.1 Å². The molecule has 1 aromatic heterocycles. The van der Waals surface area contributed by atoms with Crippen molar-refractivity contribution >= 4 is 15.7 Å². The van der Waals surface area contributed by atoms with E-state index in [1.165, 1.54) is 38.4 Å². The summed E-state index contributed by atoms with van der Waals surface area (Å²) in [4.78, 5) is 11.7. The minimum Gasteiger partial charge on any atom is -0.454 e. The van der Waals surface area contributed by atoms with Crippen molar-refractivity contribution in [2.75, 3.05) is 10.5 Å². The van der Waals surface area contributed by atoms with E-state index in [2.05, 4.69) is 4.72 Å². The Morgan fingerprint density at radius 3 is 2.33 bits per heavy atom. The first-order chi connectivity index (χ1) is 14.1. The number of benzene rings is 2. The van der Waals surface area contributed by atoms with Crippen LogP contribution in [0, 0.1) is 17.5 Å². The molecular formula is C20H17F3N2O4S. The fraction of sp³-hybridized carbons (Fsp3) is 0.150. The van der Waals surface area contributed by atoms with Crippen LogP contribution in [0.2, 0.25) is 0 Å². The van der Waals surface area contributed by atoms with E-state index < -0.39 is 33.0 Å².